The van der Waals surface area contributed by atoms with Crippen LogP contribution in [0.15, 0.2) is 0 Å². The van der Waals surface area contributed by atoms with Crippen LogP contribution in [0.2, 0.25) is 0 Å². The van der Waals surface area contributed by atoms with Gasteiger partial charge in [0.25, 0.3) is 0 Å². The van der Waals surface area contributed by atoms with Crippen LogP contribution < -0.4 is 5.43 Å². The first-order valence-corrected chi connectivity index (χ1v) is 6.10. The third kappa shape index (κ3) is 4.91. The van der Waals surface area contributed by atoms with Gasteiger partial charge >= 0.3 is 6.09 Å². The van der Waals surface area contributed by atoms with Crippen LogP contribution in [0.25, 0.3) is 0 Å². The zero-order valence-electron chi connectivity index (χ0n) is 11.2. The van der Waals surface area contributed by atoms with Gasteiger partial charge in [0.05, 0.1) is 0 Å². The van der Waals surface area contributed by atoms with Crippen molar-refractivity contribution in [1.29, 1.82) is 0 Å². The monoisotopic (exact) mass is 244 g/mol. The van der Waals surface area contributed by atoms with Crippen molar-refractivity contribution in [3.63, 3.8) is 0 Å². The molecule has 1 heterocycles. The molecule has 17 heavy (non-hydrogen) atoms. The Hall–Kier alpha value is -0.810. The number of ether oxygens (including phenoxy) is 1. The van der Waals surface area contributed by atoms with Gasteiger partial charge in [0.15, 0.2) is 0 Å². The number of aliphatic hydroxyl groups is 1. The van der Waals surface area contributed by atoms with Gasteiger partial charge in [0.1, 0.15) is 5.60 Å². The second-order valence-electron chi connectivity index (χ2n) is 6.07. The lowest BCUT2D eigenvalue weighted by Crippen LogP contribution is -2.50. The highest BCUT2D eigenvalue weighted by Crippen LogP contribution is 2.29. The highest BCUT2D eigenvalue weighted by Gasteiger charge is 2.30. The Morgan fingerprint density at radius 3 is 2.35 bits per heavy atom. The summed E-state index contributed by atoms with van der Waals surface area (Å²) in [7, 11) is 0. The van der Waals surface area contributed by atoms with E-state index in [1.165, 1.54) is 0 Å². The molecular weight excluding hydrogens is 220 g/mol. The highest BCUT2D eigenvalue weighted by atomic mass is 16.6. The van der Waals surface area contributed by atoms with Crippen molar-refractivity contribution in [2.24, 2.45) is 5.41 Å². The molecule has 1 amide bonds. The molecule has 0 aromatic heterocycles. The minimum atomic E-state index is -0.473. The normalized spacial score (nSPS) is 21.0. The molecule has 0 bridgehead atoms. The maximum atomic E-state index is 11.5. The van der Waals surface area contributed by atoms with Crippen molar-refractivity contribution < 1.29 is 14.6 Å². The van der Waals surface area contributed by atoms with E-state index in [0.717, 1.165) is 25.9 Å². The van der Waals surface area contributed by atoms with Crippen LogP contribution in [0.1, 0.15) is 40.5 Å². The van der Waals surface area contributed by atoms with Crippen molar-refractivity contribution in [2.75, 3.05) is 19.7 Å². The number of rotatable bonds is 2. The fourth-order valence-electron chi connectivity index (χ4n) is 1.75. The lowest BCUT2D eigenvalue weighted by Gasteiger charge is -2.38. The SMILES string of the molecule is CC1(CO)CCN(NC(=O)OC(C)(C)C)CC1. The van der Waals surface area contributed by atoms with Crippen molar-refractivity contribution in [1.82, 2.24) is 10.4 Å². The summed E-state index contributed by atoms with van der Waals surface area (Å²) in [4.78, 5) is 11.5. The molecule has 0 unspecified atom stereocenters. The van der Waals surface area contributed by atoms with E-state index in [2.05, 4.69) is 12.3 Å². The summed E-state index contributed by atoms with van der Waals surface area (Å²) >= 11 is 0. The average molecular weight is 244 g/mol. The zero-order chi connectivity index (χ0) is 13.1. The van der Waals surface area contributed by atoms with E-state index >= 15 is 0 Å². The molecule has 5 heteroatoms. The lowest BCUT2D eigenvalue weighted by molar-refractivity contribution is 0.00813. The number of hydrogen-bond donors (Lipinski definition) is 2. The zero-order valence-corrected chi connectivity index (χ0v) is 11.2. The summed E-state index contributed by atoms with van der Waals surface area (Å²) in [6.45, 7) is 9.28. The van der Waals surface area contributed by atoms with E-state index in [9.17, 15) is 9.90 Å². The number of nitrogens with one attached hydrogen (secondary N) is 1. The molecule has 0 aliphatic carbocycles. The quantitative estimate of drug-likeness (QED) is 0.773. The summed E-state index contributed by atoms with van der Waals surface area (Å²) in [5, 5.41) is 11.1. The summed E-state index contributed by atoms with van der Waals surface area (Å²) < 4.78 is 5.18. The van der Waals surface area contributed by atoms with E-state index in [1.807, 2.05) is 25.8 Å². The molecule has 1 saturated heterocycles. The van der Waals surface area contributed by atoms with E-state index in [1.54, 1.807) is 0 Å². The van der Waals surface area contributed by atoms with Gasteiger partial charge in [-0.2, -0.15) is 0 Å². The van der Waals surface area contributed by atoms with Gasteiger partial charge in [-0.05, 0) is 39.0 Å². The first-order chi connectivity index (χ1) is 7.74. The molecule has 2 N–H and O–H groups in total. The molecular formula is C12H24N2O3. The second-order valence-corrected chi connectivity index (χ2v) is 6.07. The molecule has 0 aromatic rings. The third-order valence-electron chi connectivity index (χ3n) is 3.00. The maximum absolute atomic E-state index is 11.5. The molecule has 1 rings (SSSR count). The van der Waals surface area contributed by atoms with Gasteiger partial charge < -0.3 is 9.84 Å². The predicted molar refractivity (Wildman–Crippen MR) is 65.4 cm³/mol. The number of aliphatic hydroxyl groups excluding tert-OH is 1. The van der Waals surface area contributed by atoms with Gasteiger partial charge in [0.2, 0.25) is 0 Å². The maximum Gasteiger partial charge on any atom is 0.422 e. The number of piperidine rings is 1. The highest BCUT2D eigenvalue weighted by molar-refractivity contribution is 5.67. The number of amides is 1. The minimum absolute atomic E-state index is 0.00783. The van der Waals surface area contributed by atoms with Crippen LogP contribution in [0.5, 0.6) is 0 Å². The number of carbonyl (C=O) groups is 1. The van der Waals surface area contributed by atoms with E-state index in [-0.39, 0.29) is 12.0 Å². The van der Waals surface area contributed by atoms with Gasteiger partial charge in [-0.1, -0.05) is 6.92 Å². The number of hydrazine groups is 1. The molecule has 0 radical (unpaired) electrons. The summed E-state index contributed by atoms with van der Waals surface area (Å²) in [5.41, 5.74) is 2.25. The molecule has 1 aliphatic heterocycles. The van der Waals surface area contributed by atoms with Crippen molar-refractivity contribution in [2.45, 2.75) is 46.1 Å². The average Bonchev–Trinajstić information content (AvgIpc) is 2.19. The van der Waals surface area contributed by atoms with Crippen LogP contribution in [0, 0.1) is 5.41 Å². The Kier molecular flexibility index (Phi) is 4.38. The van der Waals surface area contributed by atoms with Crippen LogP contribution in [-0.2, 0) is 4.74 Å². The summed E-state index contributed by atoms with van der Waals surface area (Å²) in [5.74, 6) is 0. The Bertz CT molecular complexity index is 265. The van der Waals surface area contributed by atoms with E-state index in [4.69, 9.17) is 4.74 Å². The van der Waals surface area contributed by atoms with Crippen LogP contribution in [0.4, 0.5) is 4.79 Å². The van der Waals surface area contributed by atoms with Crippen molar-refractivity contribution in [3.8, 4) is 0 Å². The summed E-state index contributed by atoms with van der Waals surface area (Å²) in [6.07, 6.45) is 1.34. The fourth-order valence-corrected chi connectivity index (χ4v) is 1.75. The van der Waals surface area contributed by atoms with Crippen LogP contribution in [-0.4, -0.2) is 41.5 Å². The Balaban J connectivity index is 2.34. The summed E-state index contributed by atoms with van der Waals surface area (Å²) in [6, 6.07) is 0. The van der Waals surface area contributed by atoms with Crippen LogP contribution in [0.3, 0.4) is 0 Å². The Morgan fingerprint density at radius 1 is 1.41 bits per heavy atom. The topological polar surface area (TPSA) is 61.8 Å². The molecule has 0 aromatic carbocycles. The molecule has 0 spiro atoms. The Morgan fingerprint density at radius 2 is 1.94 bits per heavy atom. The first kappa shape index (κ1) is 14.3. The number of nitrogens with zero attached hydrogens (tertiary/aromatic N) is 1. The van der Waals surface area contributed by atoms with Gasteiger partial charge in [-0.25, -0.2) is 9.80 Å². The largest absolute Gasteiger partial charge is 0.443 e. The molecule has 0 saturated carbocycles. The molecule has 0 atom stereocenters. The lowest BCUT2D eigenvalue weighted by atomic mass is 9.82. The van der Waals surface area contributed by atoms with Crippen LogP contribution >= 0.6 is 0 Å². The Labute approximate surface area is 103 Å². The number of carbonyl (C=O) groups excluding carboxylic acids is 1. The first-order valence-electron chi connectivity index (χ1n) is 6.10. The van der Waals surface area contributed by atoms with Gasteiger partial charge in [-0.15, -0.1) is 0 Å². The molecule has 5 nitrogen and oxygen atoms in total. The van der Waals surface area contributed by atoms with Crippen molar-refractivity contribution in [3.05, 3.63) is 0 Å². The van der Waals surface area contributed by atoms with E-state index < -0.39 is 11.7 Å². The van der Waals surface area contributed by atoms with Gasteiger partial charge in [0, 0.05) is 19.7 Å². The van der Waals surface area contributed by atoms with Crippen molar-refractivity contribution >= 4 is 6.09 Å². The van der Waals surface area contributed by atoms with E-state index in [0.29, 0.717) is 0 Å². The minimum Gasteiger partial charge on any atom is -0.443 e. The molecule has 100 valence electrons. The smallest absolute Gasteiger partial charge is 0.422 e. The van der Waals surface area contributed by atoms with Gasteiger partial charge in [-0.3, -0.25) is 5.43 Å². The predicted octanol–water partition coefficient (Wildman–Crippen LogP) is 1.52. The molecule has 1 fully saturated rings. The second kappa shape index (κ2) is 5.23. The third-order valence-corrected chi connectivity index (χ3v) is 3.00. The fraction of sp³-hybridized carbons (Fsp3) is 0.917. The number of hydrogen-bond acceptors (Lipinski definition) is 4. The molecule has 1 aliphatic rings. The standard InChI is InChI=1S/C12H24N2O3/c1-11(2,3)17-10(16)13-14-7-5-12(4,9-15)6-8-14/h15H,5-9H2,1-4H3,(H,13,16).